The lowest BCUT2D eigenvalue weighted by molar-refractivity contribution is 0.103. The molecule has 0 unspecified atom stereocenters. The fraction of sp³-hybridized carbons (Fsp3) is 0.448. The highest BCUT2D eigenvalue weighted by Gasteiger charge is 2.40. The van der Waals surface area contributed by atoms with Crippen LogP contribution in [-0.2, 0) is 32.7 Å². The lowest BCUT2D eigenvalue weighted by Crippen LogP contribution is -2.41. The Morgan fingerprint density at radius 2 is 1.43 bits per heavy atom. The smallest absolute Gasteiger partial charge is 0.120 e. The summed E-state index contributed by atoms with van der Waals surface area (Å²) >= 11 is 1.89. The van der Waals surface area contributed by atoms with E-state index in [4.69, 9.17) is 0 Å². The zero-order chi connectivity index (χ0) is 24.9. The number of H-pyrrole nitrogens is 2. The maximum Gasteiger partial charge on any atom is 0.120 e. The highest BCUT2D eigenvalue weighted by Crippen LogP contribution is 2.41. The van der Waals surface area contributed by atoms with Gasteiger partial charge in [0.1, 0.15) is 11.6 Å². The van der Waals surface area contributed by atoms with E-state index >= 15 is 0 Å². The number of imidazole rings is 2. The largest absolute Gasteiger partial charge is 0.348 e. The van der Waals surface area contributed by atoms with Crippen molar-refractivity contribution >= 4 is 11.3 Å². The van der Waals surface area contributed by atoms with Crippen molar-refractivity contribution < 1.29 is 0 Å². The number of benzene rings is 1. The Labute approximate surface area is 223 Å². The van der Waals surface area contributed by atoms with Crippen LogP contribution in [0.5, 0.6) is 0 Å². The molecule has 37 heavy (non-hydrogen) atoms. The third-order valence-electron chi connectivity index (χ3n) is 8.09. The quantitative estimate of drug-likeness (QED) is 0.315. The van der Waals surface area contributed by atoms with E-state index in [0.29, 0.717) is 5.41 Å². The third-order valence-corrected chi connectivity index (χ3v) is 8.95. The van der Waals surface area contributed by atoms with Gasteiger partial charge in [-0.2, -0.15) is 0 Å². The molecule has 4 aromatic rings. The SMILES string of the molecule is c1csc(CN2CCC3(CC2)CCN(Cc2ccc(CN(Cc4ncc[nH]4)Cc4ncc[nH]4)cc2)C3)c1. The molecule has 0 amide bonds. The van der Waals surface area contributed by atoms with Crippen molar-refractivity contribution in [3.05, 3.63) is 94.2 Å². The molecular weight excluding hydrogens is 478 g/mol. The third kappa shape index (κ3) is 6.38. The molecule has 2 fully saturated rings. The monoisotopic (exact) mass is 515 g/mol. The van der Waals surface area contributed by atoms with Gasteiger partial charge in [0.25, 0.3) is 0 Å². The van der Waals surface area contributed by atoms with Gasteiger partial charge in [0.05, 0.1) is 13.1 Å². The molecule has 0 radical (unpaired) electrons. The van der Waals surface area contributed by atoms with Gasteiger partial charge in [0.15, 0.2) is 0 Å². The molecule has 6 rings (SSSR count). The Kier molecular flexibility index (Phi) is 7.50. The van der Waals surface area contributed by atoms with Crippen molar-refractivity contribution in [2.45, 2.75) is 52.0 Å². The molecule has 2 N–H and O–H groups in total. The first-order valence-corrected chi connectivity index (χ1v) is 14.3. The maximum atomic E-state index is 4.42. The van der Waals surface area contributed by atoms with E-state index in [1.165, 1.54) is 61.4 Å². The molecule has 8 heteroatoms. The van der Waals surface area contributed by atoms with Gasteiger partial charge in [-0.15, -0.1) is 11.3 Å². The molecule has 0 aliphatic carbocycles. The zero-order valence-corrected chi connectivity index (χ0v) is 22.3. The minimum Gasteiger partial charge on any atom is -0.348 e. The van der Waals surface area contributed by atoms with E-state index in [2.05, 4.69) is 76.4 Å². The number of likely N-dealkylation sites (tertiary alicyclic amines) is 2. The predicted octanol–water partition coefficient (Wildman–Crippen LogP) is 4.88. The summed E-state index contributed by atoms with van der Waals surface area (Å²) in [7, 11) is 0. The van der Waals surface area contributed by atoms with Gasteiger partial charge < -0.3 is 9.97 Å². The van der Waals surface area contributed by atoms with Gasteiger partial charge in [0.2, 0.25) is 0 Å². The maximum absolute atomic E-state index is 4.42. The molecule has 1 spiro atoms. The van der Waals surface area contributed by atoms with Gasteiger partial charge in [-0.25, -0.2) is 9.97 Å². The summed E-state index contributed by atoms with van der Waals surface area (Å²) in [4.78, 5) is 24.5. The number of rotatable bonds is 10. The molecular formula is C29H37N7S. The van der Waals surface area contributed by atoms with Crippen LogP contribution in [0.2, 0.25) is 0 Å². The van der Waals surface area contributed by atoms with Crippen molar-refractivity contribution in [1.82, 2.24) is 34.6 Å². The number of thiophene rings is 1. The number of aromatic nitrogens is 4. The van der Waals surface area contributed by atoms with Crippen LogP contribution in [0.25, 0.3) is 0 Å². The van der Waals surface area contributed by atoms with E-state index < -0.39 is 0 Å². The van der Waals surface area contributed by atoms with Gasteiger partial charge in [0, 0.05) is 55.8 Å². The zero-order valence-electron chi connectivity index (χ0n) is 21.5. The first-order chi connectivity index (χ1) is 18.2. The van der Waals surface area contributed by atoms with Crippen molar-refractivity contribution in [1.29, 1.82) is 0 Å². The van der Waals surface area contributed by atoms with Crippen LogP contribution in [0.3, 0.4) is 0 Å². The second-order valence-corrected chi connectivity index (χ2v) is 11.9. The molecule has 1 aromatic carbocycles. The Balaban J connectivity index is 1.01. The number of nitrogens with one attached hydrogen (secondary N) is 2. The lowest BCUT2D eigenvalue weighted by Gasteiger charge is -2.39. The first kappa shape index (κ1) is 24.6. The molecule has 2 aliphatic heterocycles. The van der Waals surface area contributed by atoms with Crippen LogP contribution >= 0.6 is 11.3 Å². The van der Waals surface area contributed by atoms with Gasteiger partial charge >= 0.3 is 0 Å². The van der Waals surface area contributed by atoms with Crippen molar-refractivity contribution in [3.8, 4) is 0 Å². The van der Waals surface area contributed by atoms with Crippen LogP contribution < -0.4 is 0 Å². The fourth-order valence-corrected chi connectivity index (χ4v) is 6.75. The van der Waals surface area contributed by atoms with Crippen molar-refractivity contribution in [3.63, 3.8) is 0 Å². The van der Waals surface area contributed by atoms with Crippen LogP contribution in [0, 0.1) is 5.41 Å². The van der Waals surface area contributed by atoms with Crippen LogP contribution in [0.1, 0.15) is 46.9 Å². The second kappa shape index (κ2) is 11.3. The van der Waals surface area contributed by atoms with E-state index in [1.807, 2.05) is 36.1 Å². The van der Waals surface area contributed by atoms with Gasteiger partial charge in [-0.1, -0.05) is 30.3 Å². The fourth-order valence-electron chi connectivity index (χ4n) is 6.01. The molecule has 7 nitrogen and oxygen atoms in total. The Morgan fingerprint density at radius 1 is 0.784 bits per heavy atom. The highest BCUT2D eigenvalue weighted by atomic mass is 32.1. The summed E-state index contributed by atoms with van der Waals surface area (Å²) in [5.41, 5.74) is 3.27. The highest BCUT2D eigenvalue weighted by molar-refractivity contribution is 7.09. The Hall–Kier alpha value is -2.78. The minimum atomic E-state index is 0.532. The molecule has 0 saturated carbocycles. The van der Waals surface area contributed by atoms with E-state index in [0.717, 1.165) is 44.4 Å². The number of hydrogen-bond donors (Lipinski definition) is 2. The topological polar surface area (TPSA) is 67.1 Å². The molecule has 5 heterocycles. The Morgan fingerprint density at radius 3 is 2.03 bits per heavy atom. The van der Waals surface area contributed by atoms with Crippen LogP contribution in [0.15, 0.2) is 66.6 Å². The normalized spacial score (nSPS) is 18.3. The van der Waals surface area contributed by atoms with E-state index in [9.17, 15) is 0 Å². The molecule has 194 valence electrons. The molecule has 3 aromatic heterocycles. The van der Waals surface area contributed by atoms with Gasteiger partial charge in [-0.05, 0) is 66.9 Å². The average Bonchev–Trinajstić information content (AvgIpc) is 3.72. The molecule has 2 saturated heterocycles. The first-order valence-electron chi connectivity index (χ1n) is 13.5. The summed E-state index contributed by atoms with van der Waals surface area (Å²) < 4.78 is 0. The average molecular weight is 516 g/mol. The summed E-state index contributed by atoms with van der Waals surface area (Å²) in [6.07, 6.45) is 11.4. The summed E-state index contributed by atoms with van der Waals surface area (Å²) in [6, 6.07) is 13.7. The Bertz CT molecular complexity index is 1160. The predicted molar refractivity (Wildman–Crippen MR) is 148 cm³/mol. The number of nitrogens with zero attached hydrogens (tertiary/aromatic N) is 5. The van der Waals surface area contributed by atoms with Crippen molar-refractivity contribution in [2.24, 2.45) is 5.41 Å². The molecule has 0 bridgehead atoms. The number of piperidine rings is 1. The summed E-state index contributed by atoms with van der Waals surface area (Å²) in [6.45, 7) is 9.53. The molecule has 2 aliphatic rings. The number of hydrogen-bond acceptors (Lipinski definition) is 6. The molecule has 0 atom stereocenters. The van der Waals surface area contributed by atoms with Crippen LogP contribution in [-0.4, -0.2) is 60.8 Å². The van der Waals surface area contributed by atoms with E-state index in [-0.39, 0.29) is 0 Å². The lowest BCUT2D eigenvalue weighted by atomic mass is 9.78. The van der Waals surface area contributed by atoms with Gasteiger partial charge in [-0.3, -0.25) is 14.7 Å². The van der Waals surface area contributed by atoms with Crippen molar-refractivity contribution in [2.75, 3.05) is 26.2 Å². The minimum absolute atomic E-state index is 0.532. The van der Waals surface area contributed by atoms with Crippen LogP contribution in [0.4, 0.5) is 0 Å². The summed E-state index contributed by atoms with van der Waals surface area (Å²) in [5.74, 6) is 1.95. The summed E-state index contributed by atoms with van der Waals surface area (Å²) in [5, 5.41) is 2.19. The number of aromatic amines is 2. The standard InChI is InChI=1S/C29H37N7S/c1-2-26(37-17-1)20-34-14-7-29(8-15-34)9-16-35(23-29)18-24-3-5-25(6-4-24)19-36(21-27-30-10-11-31-27)22-28-32-12-13-33-28/h1-6,10-13,17H,7-9,14-16,18-23H2,(H,30,31)(H,32,33). The van der Waals surface area contributed by atoms with E-state index in [1.54, 1.807) is 0 Å². The second-order valence-electron chi connectivity index (χ2n) is 10.8.